The molecule has 3 aromatic rings. The zero-order valence-electron chi connectivity index (χ0n) is 13.5. The van der Waals surface area contributed by atoms with Gasteiger partial charge in [0, 0.05) is 32.3 Å². The molecule has 0 aliphatic carbocycles. The third-order valence-electron chi connectivity index (χ3n) is 4.48. The van der Waals surface area contributed by atoms with Gasteiger partial charge < -0.3 is 15.2 Å². The molecule has 0 bridgehead atoms. The number of pyridine rings is 1. The van der Waals surface area contributed by atoms with Crippen molar-refractivity contribution in [1.82, 2.24) is 25.2 Å². The van der Waals surface area contributed by atoms with Gasteiger partial charge in [0.1, 0.15) is 0 Å². The highest BCUT2D eigenvalue weighted by molar-refractivity contribution is 5.95. The Kier molecular flexibility index (Phi) is 3.53. The van der Waals surface area contributed by atoms with E-state index in [1.54, 1.807) is 10.9 Å². The second-order valence-electron chi connectivity index (χ2n) is 6.15. The standard InChI is InChI=1S/C16H18N6O2/c1-9-12-3-11(5-18-16(12)24-21-9)20-15(23)14-7-17-6-13(14)10-4-19-22(2)8-10/h3-5,8,13-14,17H,6-7H2,1-2H3,(H,20,23)/t13-,14+/m1/s1. The molecular formula is C16H18N6O2. The van der Waals surface area contributed by atoms with Crippen molar-refractivity contribution in [3.8, 4) is 0 Å². The fraction of sp³-hybridized carbons (Fsp3) is 0.375. The Balaban J connectivity index is 1.54. The van der Waals surface area contributed by atoms with Crippen LogP contribution in [0.25, 0.3) is 11.1 Å². The number of nitrogens with zero attached hydrogens (tertiary/aromatic N) is 4. The molecule has 1 aliphatic heterocycles. The molecule has 4 heterocycles. The minimum atomic E-state index is -0.145. The van der Waals surface area contributed by atoms with E-state index in [-0.39, 0.29) is 17.7 Å². The quantitative estimate of drug-likeness (QED) is 0.751. The first kappa shape index (κ1) is 14.8. The molecule has 0 radical (unpaired) electrons. The molecule has 2 atom stereocenters. The lowest BCUT2D eigenvalue weighted by Crippen LogP contribution is -2.28. The van der Waals surface area contributed by atoms with E-state index >= 15 is 0 Å². The summed E-state index contributed by atoms with van der Waals surface area (Å²) in [5.74, 6) is -0.0507. The van der Waals surface area contributed by atoms with Crippen LogP contribution in [-0.2, 0) is 11.8 Å². The Bertz CT molecular complexity index is 899. The Morgan fingerprint density at radius 2 is 2.29 bits per heavy atom. The molecule has 1 saturated heterocycles. The van der Waals surface area contributed by atoms with Gasteiger partial charge in [0.2, 0.25) is 5.91 Å². The summed E-state index contributed by atoms with van der Waals surface area (Å²) in [4.78, 5) is 16.9. The number of aryl methyl sites for hydroxylation is 2. The summed E-state index contributed by atoms with van der Waals surface area (Å²) in [6, 6.07) is 1.84. The highest BCUT2D eigenvalue weighted by Gasteiger charge is 2.34. The molecule has 0 saturated carbocycles. The van der Waals surface area contributed by atoms with Crippen LogP contribution in [0.1, 0.15) is 17.2 Å². The first-order chi connectivity index (χ1) is 11.6. The van der Waals surface area contributed by atoms with Gasteiger partial charge in [0.05, 0.1) is 35.1 Å². The molecular weight excluding hydrogens is 308 g/mol. The molecule has 1 amide bonds. The normalized spacial score (nSPS) is 20.6. The van der Waals surface area contributed by atoms with E-state index in [0.29, 0.717) is 17.9 Å². The van der Waals surface area contributed by atoms with E-state index in [0.717, 1.165) is 23.2 Å². The van der Waals surface area contributed by atoms with E-state index in [9.17, 15) is 4.79 Å². The summed E-state index contributed by atoms with van der Waals surface area (Å²) in [5.41, 5.74) is 2.95. The van der Waals surface area contributed by atoms with Gasteiger partial charge in [-0.1, -0.05) is 5.16 Å². The molecule has 8 nitrogen and oxygen atoms in total. The number of nitrogens with one attached hydrogen (secondary N) is 2. The lowest BCUT2D eigenvalue weighted by atomic mass is 9.90. The van der Waals surface area contributed by atoms with Crippen molar-refractivity contribution in [1.29, 1.82) is 0 Å². The first-order valence-corrected chi connectivity index (χ1v) is 7.84. The number of anilines is 1. The van der Waals surface area contributed by atoms with Crippen molar-refractivity contribution in [2.24, 2.45) is 13.0 Å². The van der Waals surface area contributed by atoms with Crippen molar-refractivity contribution >= 4 is 22.7 Å². The minimum absolute atomic E-state index is 0.0240. The maximum Gasteiger partial charge on any atom is 0.258 e. The minimum Gasteiger partial charge on any atom is -0.336 e. The maximum atomic E-state index is 12.7. The Labute approximate surface area is 138 Å². The Morgan fingerprint density at radius 1 is 1.42 bits per heavy atom. The Hall–Kier alpha value is -2.74. The van der Waals surface area contributed by atoms with Gasteiger partial charge in [-0.15, -0.1) is 0 Å². The van der Waals surface area contributed by atoms with Crippen LogP contribution in [0.4, 0.5) is 5.69 Å². The van der Waals surface area contributed by atoms with Crippen LogP contribution in [-0.4, -0.2) is 38.9 Å². The number of rotatable bonds is 3. The largest absolute Gasteiger partial charge is 0.336 e. The molecule has 0 aromatic carbocycles. The number of aromatic nitrogens is 4. The number of carbonyl (C=O) groups excluding carboxylic acids is 1. The lowest BCUT2D eigenvalue weighted by Gasteiger charge is -2.16. The van der Waals surface area contributed by atoms with Crippen LogP contribution in [0.15, 0.2) is 29.2 Å². The van der Waals surface area contributed by atoms with Gasteiger partial charge >= 0.3 is 0 Å². The van der Waals surface area contributed by atoms with Gasteiger partial charge in [0.25, 0.3) is 5.71 Å². The summed E-state index contributed by atoms with van der Waals surface area (Å²) < 4.78 is 6.85. The lowest BCUT2D eigenvalue weighted by molar-refractivity contribution is -0.119. The summed E-state index contributed by atoms with van der Waals surface area (Å²) in [6.07, 6.45) is 5.38. The topological polar surface area (TPSA) is 97.9 Å². The third-order valence-corrected chi connectivity index (χ3v) is 4.48. The summed E-state index contributed by atoms with van der Waals surface area (Å²) in [6.45, 7) is 3.26. The molecule has 0 unspecified atom stereocenters. The monoisotopic (exact) mass is 326 g/mol. The zero-order valence-corrected chi connectivity index (χ0v) is 13.5. The molecule has 0 spiro atoms. The highest BCUT2D eigenvalue weighted by Crippen LogP contribution is 2.29. The van der Waals surface area contributed by atoms with E-state index in [1.165, 1.54) is 0 Å². The molecule has 1 fully saturated rings. The van der Waals surface area contributed by atoms with E-state index in [1.807, 2.05) is 32.4 Å². The van der Waals surface area contributed by atoms with Crippen molar-refractivity contribution < 1.29 is 9.32 Å². The van der Waals surface area contributed by atoms with E-state index in [4.69, 9.17) is 4.52 Å². The van der Waals surface area contributed by atoms with Crippen LogP contribution >= 0.6 is 0 Å². The number of carbonyl (C=O) groups is 1. The van der Waals surface area contributed by atoms with E-state index < -0.39 is 0 Å². The molecule has 4 rings (SSSR count). The van der Waals surface area contributed by atoms with Gasteiger partial charge in [-0.2, -0.15) is 5.10 Å². The van der Waals surface area contributed by atoms with Gasteiger partial charge in [-0.05, 0) is 18.6 Å². The van der Waals surface area contributed by atoms with Gasteiger partial charge in [-0.25, -0.2) is 4.98 Å². The number of hydrogen-bond donors (Lipinski definition) is 2. The average Bonchev–Trinajstić information content (AvgIpc) is 3.28. The van der Waals surface area contributed by atoms with Crippen molar-refractivity contribution in [3.05, 3.63) is 35.9 Å². The van der Waals surface area contributed by atoms with Gasteiger partial charge in [-0.3, -0.25) is 9.48 Å². The molecule has 2 N–H and O–H groups in total. The average molecular weight is 326 g/mol. The summed E-state index contributed by atoms with van der Waals surface area (Å²) in [5, 5.41) is 15.1. The molecule has 24 heavy (non-hydrogen) atoms. The Morgan fingerprint density at radius 3 is 3.08 bits per heavy atom. The fourth-order valence-electron chi connectivity index (χ4n) is 3.18. The predicted molar refractivity (Wildman–Crippen MR) is 87.5 cm³/mol. The zero-order chi connectivity index (χ0) is 16.7. The number of hydrogen-bond acceptors (Lipinski definition) is 6. The van der Waals surface area contributed by atoms with Crippen LogP contribution in [0, 0.1) is 12.8 Å². The van der Waals surface area contributed by atoms with Crippen molar-refractivity contribution in [2.75, 3.05) is 18.4 Å². The van der Waals surface area contributed by atoms with Crippen LogP contribution in [0.3, 0.4) is 0 Å². The SMILES string of the molecule is Cc1noc2ncc(NC(=O)[C@H]3CNC[C@@H]3c3cnn(C)c3)cc12. The molecule has 124 valence electrons. The van der Waals surface area contributed by atoms with Crippen molar-refractivity contribution in [3.63, 3.8) is 0 Å². The summed E-state index contributed by atoms with van der Waals surface area (Å²) >= 11 is 0. The third kappa shape index (κ3) is 2.54. The van der Waals surface area contributed by atoms with Crippen molar-refractivity contribution in [2.45, 2.75) is 12.8 Å². The first-order valence-electron chi connectivity index (χ1n) is 7.84. The molecule has 1 aliphatic rings. The van der Waals surface area contributed by atoms with Gasteiger partial charge in [0.15, 0.2) is 0 Å². The number of amides is 1. The molecule has 3 aromatic heterocycles. The number of fused-ring (bicyclic) bond motifs is 1. The smallest absolute Gasteiger partial charge is 0.258 e. The van der Waals surface area contributed by atoms with Crippen LogP contribution in [0.5, 0.6) is 0 Å². The second-order valence-corrected chi connectivity index (χ2v) is 6.15. The van der Waals surface area contributed by atoms with Crippen LogP contribution in [0.2, 0.25) is 0 Å². The molecule has 8 heteroatoms. The fourth-order valence-corrected chi connectivity index (χ4v) is 3.18. The second kappa shape index (κ2) is 5.72. The van der Waals surface area contributed by atoms with Crippen LogP contribution < -0.4 is 10.6 Å². The maximum absolute atomic E-state index is 12.7. The summed E-state index contributed by atoms with van der Waals surface area (Å²) in [7, 11) is 1.88. The van der Waals surface area contributed by atoms with E-state index in [2.05, 4.69) is 25.9 Å². The predicted octanol–water partition coefficient (Wildman–Crippen LogP) is 1.21. The highest BCUT2D eigenvalue weighted by atomic mass is 16.5.